The number of ether oxygens (including phenoxy) is 1. The van der Waals surface area contributed by atoms with Crippen LogP contribution in [0.25, 0.3) is 0 Å². The first-order valence-electron chi connectivity index (χ1n) is 7.44. The van der Waals surface area contributed by atoms with Gasteiger partial charge in [-0.05, 0) is 36.8 Å². The molecular formula is C18H21NO3S. The number of hydrogen-bond donors (Lipinski definition) is 0. The van der Waals surface area contributed by atoms with E-state index in [1.54, 1.807) is 12.0 Å². The summed E-state index contributed by atoms with van der Waals surface area (Å²) in [5.41, 5.74) is 1.02. The van der Waals surface area contributed by atoms with Crippen molar-refractivity contribution in [2.45, 2.75) is 17.9 Å². The van der Waals surface area contributed by atoms with Crippen molar-refractivity contribution in [1.29, 1.82) is 0 Å². The zero-order valence-electron chi connectivity index (χ0n) is 13.3. The lowest BCUT2D eigenvalue weighted by Crippen LogP contribution is -2.29. The zero-order chi connectivity index (χ0) is 16.7. The van der Waals surface area contributed by atoms with E-state index < -0.39 is 10.8 Å². The summed E-state index contributed by atoms with van der Waals surface area (Å²) in [5.74, 6) is 1.20. The molecule has 0 N–H and O–H groups in total. The maximum atomic E-state index is 12.3. The predicted molar refractivity (Wildman–Crippen MR) is 91.9 cm³/mol. The number of carbonyl (C=O) groups is 1. The number of hydrogen-bond acceptors (Lipinski definition) is 3. The van der Waals surface area contributed by atoms with Crippen molar-refractivity contribution in [3.05, 3.63) is 60.2 Å². The topological polar surface area (TPSA) is 46.6 Å². The Hall–Kier alpha value is -2.14. The van der Waals surface area contributed by atoms with Crippen LogP contribution in [0.4, 0.5) is 0 Å². The van der Waals surface area contributed by atoms with E-state index in [1.165, 1.54) is 0 Å². The van der Waals surface area contributed by atoms with Crippen LogP contribution in [-0.2, 0) is 15.6 Å². The van der Waals surface area contributed by atoms with Crippen molar-refractivity contribution in [3.8, 4) is 5.75 Å². The van der Waals surface area contributed by atoms with E-state index in [-0.39, 0.29) is 6.04 Å². The molecule has 2 atom stereocenters. The van der Waals surface area contributed by atoms with Gasteiger partial charge in [0.2, 0.25) is 6.41 Å². The van der Waals surface area contributed by atoms with Crippen molar-refractivity contribution in [3.63, 3.8) is 0 Å². The molecule has 2 aromatic rings. The first-order chi connectivity index (χ1) is 11.2. The third kappa shape index (κ3) is 4.66. The van der Waals surface area contributed by atoms with Gasteiger partial charge in [0.05, 0.1) is 24.0 Å². The fraction of sp³-hybridized carbons (Fsp3) is 0.278. The molecule has 0 spiro atoms. The Labute approximate surface area is 139 Å². The summed E-state index contributed by atoms with van der Waals surface area (Å²) >= 11 is 0. The number of amides is 1. The Kier molecular flexibility index (Phi) is 6.35. The van der Waals surface area contributed by atoms with Gasteiger partial charge in [-0.2, -0.15) is 0 Å². The summed E-state index contributed by atoms with van der Waals surface area (Å²) in [4.78, 5) is 13.9. The molecule has 23 heavy (non-hydrogen) atoms. The van der Waals surface area contributed by atoms with E-state index in [0.717, 1.165) is 22.6 Å². The standard InChI is InChI=1S/C18H21NO3S/c1-15(16-8-10-17(22-2)11-9-16)19(14-20)12-13-23(21)18-6-4-3-5-7-18/h3-11,14-15H,12-13H2,1-2H3/t15-,23?/m1/s1. The summed E-state index contributed by atoms with van der Waals surface area (Å²) in [7, 11) is 0.516. The van der Waals surface area contributed by atoms with Crippen molar-refractivity contribution in [2.24, 2.45) is 0 Å². The molecule has 1 unspecified atom stereocenters. The van der Waals surface area contributed by atoms with Gasteiger partial charge >= 0.3 is 0 Å². The minimum absolute atomic E-state index is 0.0776. The highest BCUT2D eigenvalue weighted by Crippen LogP contribution is 2.21. The van der Waals surface area contributed by atoms with Crippen LogP contribution >= 0.6 is 0 Å². The van der Waals surface area contributed by atoms with E-state index in [2.05, 4.69) is 0 Å². The Bertz CT molecular complexity index is 643. The summed E-state index contributed by atoms with van der Waals surface area (Å²) in [6.07, 6.45) is 0.817. The SMILES string of the molecule is COc1ccc([C@@H](C)N(C=O)CCS(=O)c2ccccc2)cc1. The van der Waals surface area contributed by atoms with Crippen LogP contribution < -0.4 is 4.74 Å². The molecule has 0 saturated carbocycles. The molecule has 0 aliphatic rings. The summed E-state index contributed by atoms with van der Waals surface area (Å²) in [6, 6.07) is 16.9. The highest BCUT2D eigenvalue weighted by molar-refractivity contribution is 7.85. The molecule has 1 amide bonds. The molecule has 0 bridgehead atoms. The molecule has 0 heterocycles. The average Bonchev–Trinajstić information content (AvgIpc) is 2.62. The van der Waals surface area contributed by atoms with Crippen LogP contribution in [-0.4, -0.2) is 34.9 Å². The maximum absolute atomic E-state index is 12.3. The van der Waals surface area contributed by atoms with Gasteiger partial charge in [-0.15, -0.1) is 0 Å². The summed E-state index contributed by atoms with van der Waals surface area (Å²) < 4.78 is 17.4. The number of rotatable bonds is 8. The van der Waals surface area contributed by atoms with Gasteiger partial charge in [-0.1, -0.05) is 30.3 Å². The highest BCUT2D eigenvalue weighted by Gasteiger charge is 2.15. The Balaban J connectivity index is 1.98. The van der Waals surface area contributed by atoms with E-state index in [4.69, 9.17) is 4.74 Å². The third-order valence-electron chi connectivity index (χ3n) is 3.77. The van der Waals surface area contributed by atoms with E-state index in [0.29, 0.717) is 12.3 Å². The van der Waals surface area contributed by atoms with Crippen molar-refractivity contribution < 1.29 is 13.7 Å². The molecule has 0 aromatic heterocycles. The van der Waals surface area contributed by atoms with Crippen LogP contribution in [0.15, 0.2) is 59.5 Å². The molecule has 5 heteroatoms. The normalized spacial score (nSPS) is 13.1. The molecule has 0 aliphatic heterocycles. The lowest BCUT2D eigenvalue weighted by Gasteiger charge is -2.25. The average molecular weight is 331 g/mol. The largest absolute Gasteiger partial charge is 0.497 e. The van der Waals surface area contributed by atoms with Crippen LogP contribution in [0, 0.1) is 0 Å². The molecule has 4 nitrogen and oxygen atoms in total. The Morgan fingerprint density at radius 3 is 2.35 bits per heavy atom. The minimum atomic E-state index is -1.10. The smallest absolute Gasteiger partial charge is 0.210 e. The van der Waals surface area contributed by atoms with Crippen molar-refractivity contribution >= 4 is 17.2 Å². The second kappa shape index (κ2) is 8.48. The van der Waals surface area contributed by atoms with Gasteiger partial charge in [-0.3, -0.25) is 9.00 Å². The fourth-order valence-electron chi connectivity index (χ4n) is 2.29. The third-order valence-corrected chi connectivity index (χ3v) is 5.12. The Morgan fingerprint density at radius 1 is 1.13 bits per heavy atom. The minimum Gasteiger partial charge on any atom is -0.497 e. The second-order valence-electron chi connectivity index (χ2n) is 5.16. The first kappa shape index (κ1) is 17.2. The number of carbonyl (C=O) groups excluding carboxylic acids is 1. The van der Waals surface area contributed by atoms with Crippen molar-refractivity contribution in [2.75, 3.05) is 19.4 Å². The van der Waals surface area contributed by atoms with Gasteiger partial charge < -0.3 is 9.64 Å². The quantitative estimate of drug-likeness (QED) is 0.699. The van der Waals surface area contributed by atoms with Crippen molar-refractivity contribution in [1.82, 2.24) is 4.90 Å². The lowest BCUT2D eigenvalue weighted by molar-refractivity contribution is -0.119. The van der Waals surface area contributed by atoms with Gasteiger partial charge in [-0.25, -0.2) is 0 Å². The van der Waals surface area contributed by atoms with E-state index in [1.807, 2.05) is 61.5 Å². The Morgan fingerprint density at radius 2 is 1.78 bits per heavy atom. The van der Waals surface area contributed by atoms with Gasteiger partial charge in [0.1, 0.15) is 5.75 Å². The van der Waals surface area contributed by atoms with Crippen LogP contribution in [0.2, 0.25) is 0 Å². The van der Waals surface area contributed by atoms with Gasteiger partial charge in [0.15, 0.2) is 0 Å². The number of nitrogens with zero attached hydrogens (tertiary/aromatic N) is 1. The summed E-state index contributed by atoms with van der Waals surface area (Å²) in [6.45, 7) is 2.40. The molecule has 0 saturated heterocycles. The molecule has 0 radical (unpaired) electrons. The fourth-order valence-corrected chi connectivity index (χ4v) is 3.36. The lowest BCUT2D eigenvalue weighted by atomic mass is 10.1. The zero-order valence-corrected chi connectivity index (χ0v) is 14.2. The van der Waals surface area contributed by atoms with Gasteiger partial charge in [0.25, 0.3) is 0 Å². The molecular weight excluding hydrogens is 310 g/mol. The molecule has 0 aliphatic carbocycles. The predicted octanol–water partition coefficient (Wildman–Crippen LogP) is 3.02. The van der Waals surface area contributed by atoms with Crippen LogP contribution in [0.5, 0.6) is 5.75 Å². The second-order valence-corrected chi connectivity index (χ2v) is 6.73. The number of benzene rings is 2. The van der Waals surface area contributed by atoms with Gasteiger partial charge in [0, 0.05) is 17.2 Å². The molecule has 0 fully saturated rings. The highest BCUT2D eigenvalue weighted by atomic mass is 32.2. The van der Waals surface area contributed by atoms with Crippen LogP contribution in [0.3, 0.4) is 0 Å². The summed E-state index contributed by atoms with van der Waals surface area (Å²) in [5, 5.41) is 0. The van der Waals surface area contributed by atoms with Crippen LogP contribution in [0.1, 0.15) is 18.5 Å². The monoisotopic (exact) mass is 331 g/mol. The first-order valence-corrected chi connectivity index (χ1v) is 8.76. The molecule has 122 valence electrons. The maximum Gasteiger partial charge on any atom is 0.210 e. The van der Waals surface area contributed by atoms with E-state index >= 15 is 0 Å². The van der Waals surface area contributed by atoms with E-state index in [9.17, 15) is 9.00 Å². The molecule has 2 rings (SSSR count). The number of methoxy groups -OCH3 is 1. The molecule has 2 aromatic carbocycles.